The Morgan fingerprint density at radius 3 is 2.83 bits per heavy atom. The molecule has 0 N–H and O–H groups in total. The molecule has 0 spiro atoms. The van der Waals surface area contributed by atoms with Gasteiger partial charge in [-0.1, -0.05) is 6.07 Å². The van der Waals surface area contributed by atoms with Gasteiger partial charge in [0.25, 0.3) is 11.5 Å². The van der Waals surface area contributed by atoms with Crippen molar-refractivity contribution in [2.24, 2.45) is 5.92 Å². The summed E-state index contributed by atoms with van der Waals surface area (Å²) in [6, 6.07) is 13.6. The fourth-order valence-electron chi connectivity index (χ4n) is 4.47. The molecule has 7 nitrogen and oxygen atoms in total. The Morgan fingerprint density at radius 1 is 1.07 bits per heavy atom. The van der Waals surface area contributed by atoms with Crippen LogP contribution in [0.1, 0.15) is 18.0 Å². The summed E-state index contributed by atoms with van der Waals surface area (Å²) in [7, 11) is 0. The molecule has 0 unspecified atom stereocenters. The number of carbonyl (C=O) groups is 1. The summed E-state index contributed by atoms with van der Waals surface area (Å²) in [5, 5.41) is 0.793. The van der Waals surface area contributed by atoms with E-state index in [1.54, 1.807) is 36.4 Å². The van der Waals surface area contributed by atoms with Crippen LogP contribution in [0.15, 0.2) is 62.5 Å². The van der Waals surface area contributed by atoms with Crippen LogP contribution in [0.5, 0.6) is 5.75 Å². The van der Waals surface area contributed by atoms with E-state index in [2.05, 4.69) is 0 Å². The predicted molar refractivity (Wildman–Crippen MR) is 106 cm³/mol. The molecule has 0 radical (unpaired) electrons. The second-order valence-corrected chi connectivity index (χ2v) is 7.74. The molecule has 2 aromatic heterocycles. The molecule has 7 heteroatoms. The van der Waals surface area contributed by atoms with Crippen molar-refractivity contribution >= 4 is 16.9 Å². The van der Waals surface area contributed by atoms with Crippen LogP contribution < -0.4 is 15.9 Å². The van der Waals surface area contributed by atoms with E-state index in [0.29, 0.717) is 31.0 Å². The van der Waals surface area contributed by atoms with Crippen LogP contribution in [-0.2, 0) is 11.3 Å². The van der Waals surface area contributed by atoms with Crippen LogP contribution in [0.2, 0.25) is 0 Å². The van der Waals surface area contributed by atoms with E-state index in [1.807, 2.05) is 15.5 Å². The van der Waals surface area contributed by atoms with Gasteiger partial charge in [0.1, 0.15) is 11.3 Å². The van der Waals surface area contributed by atoms with Gasteiger partial charge in [0.05, 0.1) is 0 Å². The van der Waals surface area contributed by atoms with Crippen molar-refractivity contribution in [2.75, 3.05) is 19.7 Å². The van der Waals surface area contributed by atoms with E-state index in [0.717, 1.165) is 17.5 Å². The van der Waals surface area contributed by atoms with Crippen LogP contribution in [0.25, 0.3) is 11.0 Å². The highest BCUT2D eigenvalue weighted by Crippen LogP contribution is 2.35. The second kappa shape index (κ2) is 6.92. The van der Waals surface area contributed by atoms with Crippen molar-refractivity contribution in [1.82, 2.24) is 9.47 Å². The first-order valence-corrected chi connectivity index (χ1v) is 9.71. The van der Waals surface area contributed by atoms with Gasteiger partial charge < -0.3 is 18.6 Å². The molecule has 2 aliphatic heterocycles. The number of pyridine rings is 1. The monoisotopic (exact) mass is 392 g/mol. The highest BCUT2D eigenvalue weighted by Gasteiger charge is 2.36. The molecule has 1 amide bonds. The molecular weight excluding hydrogens is 372 g/mol. The molecule has 2 atom stereocenters. The Kier molecular flexibility index (Phi) is 4.23. The van der Waals surface area contributed by atoms with Gasteiger partial charge in [-0.15, -0.1) is 0 Å². The van der Waals surface area contributed by atoms with Crippen LogP contribution in [0, 0.1) is 5.92 Å². The van der Waals surface area contributed by atoms with E-state index in [9.17, 15) is 14.4 Å². The fourth-order valence-corrected chi connectivity index (χ4v) is 4.47. The Labute approximate surface area is 166 Å². The smallest absolute Gasteiger partial charge is 0.336 e. The molecule has 0 aliphatic carbocycles. The number of carbonyl (C=O) groups excluding carboxylic acids is 1. The molecular formula is C22H20N2O5. The maximum absolute atomic E-state index is 12.8. The molecule has 3 aromatic rings. The van der Waals surface area contributed by atoms with Gasteiger partial charge in [-0.25, -0.2) is 4.79 Å². The number of aromatic nitrogens is 1. The lowest BCUT2D eigenvalue weighted by atomic mass is 9.83. The third-order valence-electron chi connectivity index (χ3n) is 5.79. The molecule has 1 fully saturated rings. The zero-order chi connectivity index (χ0) is 20.0. The average Bonchev–Trinajstić information content (AvgIpc) is 2.72. The quantitative estimate of drug-likeness (QED) is 0.637. The van der Waals surface area contributed by atoms with E-state index >= 15 is 0 Å². The first-order chi connectivity index (χ1) is 14.1. The summed E-state index contributed by atoms with van der Waals surface area (Å²) in [6.45, 7) is 1.80. The topological polar surface area (TPSA) is 81.8 Å². The number of ether oxygens (including phenoxy) is 1. The number of rotatable bonds is 3. The highest BCUT2D eigenvalue weighted by atomic mass is 16.5. The van der Waals surface area contributed by atoms with Gasteiger partial charge >= 0.3 is 5.63 Å². The Balaban J connectivity index is 1.29. The highest BCUT2D eigenvalue weighted by molar-refractivity contribution is 5.79. The minimum Gasteiger partial charge on any atom is -0.484 e. The van der Waals surface area contributed by atoms with Crippen molar-refractivity contribution in [3.8, 4) is 5.75 Å². The zero-order valence-electron chi connectivity index (χ0n) is 15.7. The largest absolute Gasteiger partial charge is 0.484 e. The number of fused-ring (bicyclic) bond motifs is 5. The number of likely N-dealkylation sites (tertiary alicyclic amines) is 1. The third-order valence-corrected chi connectivity index (χ3v) is 5.79. The van der Waals surface area contributed by atoms with Gasteiger partial charge in [-0.2, -0.15) is 0 Å². The van der Waals surface area contributed by atoms with Gasteiger partial charge in [-0.3, -0.25) is 9.59 Å². The molecule has 0 saturated carbocycles. The standard InChI is InChI=1S/C22H20N2O5/c25-20-3-1-2-18-16-8-14(11-24(18)20)10-23(12-16)21(26)13-28-17-6-4-15-5-7-22(27)29-19(15)9-17/h1-7,9,14,16H,8,10-13H2/t14-,16+/m0/s1. The van der Waals surface area contributed by atoms with Gasteiger partial charge in [0, 0.05) is 54.8 Å². The lowest BCUT2D eigenvalue weighted by Crippen LogP contribution is -2.50. The summed E-state index contributed by atoms with van der Waals surface area (Å²) in [5.74, 6) is 0.853. The number of piperidine rings is 1. The maximum Gasteiger partial charge on any atom is 0.336 e. The lowest BCUT2D eigenvalue weighted by Gasteiger charge is -2.42. The van der Waals surface area contributed by atoms with E-state index in [1.165, 1.54) is 6.07 Å². The maximum atomic E-state index is 12.8. The first-order valence-electron chi connectivity index (χ1n) is 9.71. The van der Waals surface area contributed by atoms with Crippen molar-refractivity contribution in [3.63, 3.8) is 0 Å². The molecule has 4 heterocycles. The van der Waals surface area contributed by atoms with Crippen LogP contribution in [-0.4, -0.2) is 35.1 Å². The minimum atomic E-state index is -0.426. The molecule has 148 valence electrons. The molecule has 5 rings (SSSR count). The summed E-state index contributed by atoms with van der Waals surface area (Å²) >= 11 is 0. The van der Waals surface area contributed by atoms with Gasteiger partial charge in [-0.05, 0) is 36.6 Å². The molecule has 29 heavy (non-hydrogen) atoms. The summed E-state index contributed by atoms with van der Waals surface area (Å²) < 4.78 is 12.7. The lowest BCUT2D eigenvalue weighted by molar-refractivity contribution is -0.136. The second-order valence-electron chi connectivity index (χ2n) is 7.74. The SMILES string of the molecule is O=C(COc1ccc2ccc(=O)oc2c1)N1C[C@@H]2C[C@H](C1)c1cccc(=O)n1C2. The van der Waals surface area contributed by atoms with Crippen LogP contribution in [0.4, 0.5) is 0 Å². The predicted octanol–water partition coefficient (Wildman–Crippen LogP) is 1.98. The average molecular weight is 392 g/mol. The van der Waals surface area contributed by atoms with E-state index < -0.39 is 5.63 Å². The number of nitrogens with zero attached hydrogens (tertiary/aromatic N) is 2. The molecule has 1 aromatic carbocycles. The normalized spacial score (nSPS) is 20.3. The van der Waals surface area contributed by atoms with Crippen molar-refractivity contribution in [3.05, 3.63) is 75.0 Å². The minimum absolute atomic E-state index is 0.0308. The van der Waals surface area contributed by atoms with Crippen LogP contribution in [0.3, 0.4) is 0 Å². The van der Waals surface area contributed by atoms with E-state index in [4.69, 9.17) is 9.15 Å². The Bertz CT molecular complexity index is 1210. The summed E-state index contributed by atoms with van der Waals surface area (Å²) in [5.41, 5.74) is 1.04. The first kappa shape index (κ1) is 17.7. The molecule has 1 saturated heterocycles. The Hall–Kier alpha value is -3.35. The van der Waals surface area contributed by atoms with Crippen molar-refractivity contribution < 1.29 is 13.9 Å². The summed E-state index contributed by atoms with van der Waals surface area (Å²) in [4.78, 5) is 38.1. The summed E-state index contributed by atoms with van der Waals surface area (Å²) in [6.07, 6.45) is 0.998. The number of benzene rings is 1. The third kappa shape index (κ3) is 3.33. The fraction of sp³-hybridized carbons (Fsp3) is 0.318. The number of amides is 1. The van der Waals surface area contributed by atoms with E-state index in [-0.39, 0.29) is 29.9 Å². The number of hydrogen-bond donors (Lipinski definition) is 0. The molecule has 2 bridgehead atoms. The zero-order valence-corrected chi connectivity index (χ0v) is 15.7. The van der Waals surface area contributed by atoms with Crippen LogP contribution >= 0.6 is 0 Å². The van der Waals surface area contributed by atoms with Crippen molar-refractivity contribution in [2.45, 2.75) is 18.9 Å². The molecule has 2 aliphatic rings. The van der Waals surface area contributed by atoms with Crippen molar-refractivity contribution in [1.29, 1.82) is 0 Å². The van der Waals surface area contributed by atoms with Gasteiger partial charge in [0.2, 0.25) is 0 Å². The number of hydrogen-bond acceptors (Lipinski definition) is 5. The van der Waals surface area contributed by atoms with Gasteiger partial charge in [0.15, 0.2) is 6.61 Å². The Morgan fingerprint density at radius 2 is 1.93 bits per heavy atom.